The second kappa shape index (κ2) is 5.50. The second-order valence-corrected chi connectivity index (χ2v) is 6.04. The van der Waals surface area contributed by atoms with Gasteiger partial charge in [-0.1, -0.05) is 0 Å². The summed E-state index contributed by atoms with van der Waals surface area (Å²) in [4.78, 5) is 13.8. The van der Waals surface area contributed by atoms with Gasteiger partial charge in [0.1, 0.15) is 18.0 Å². The maximum Gasteiger partial charge on any atom is 0.256 e. The Balaban J connectivity index is 1.74. The Morgan fingerprint density at radius 1 is 0.810 bits per heavy atom. The maximum absolute atomic E-state index is 4.70. The molecule has 0 amide bonds. The molecule has 0 saturated carbocycles. The number of hydrogen-bond donors (Lipinski definition) is 0. The third-order valence-corrected chi connectivity index (χ3v) is 4.58. The molecule has 2 aliphatic rings. The Morgan fingerprint density at radius 2 is 1.48 bits per heavy atom. The smallest absolute Gasteiger partial charge is 0.256 e. The fraction of sp³-hybridized carbons (Fsp3) is 0.667. The lowest BCUT2D eigenvalue weighted by Crippen LogP contribution is -2.33. The minimum Gasteiger partial charge on any atom is -0.356 e. The van der Waals surface area contributed by atoms with Crippen LogP contribution < -0.4 is 9.80 Å². The van der Waals surface area contributed by atoms with E-state index in [-0.39, 0.29) is 0 Å². The Morgan fingerprint density at radius 3 is 2.19 bits per heavy atom. The molecule has 2 aliphatic heterocycles. The number of fused-ring (bicyclic) bond motifs is 1. The SMILES string of the molecule is c1nc2nc(N3CCCCC3)cc(N3CCCCC3)n2n1. The van der Waals surface area contributed by atoms with Crippen LogP contribution in [-0.2, 0) is 0 Å². The van der Waals surface area contributed by atoms with Crippen molar-refractivity contribution in [3.8, 4) is 0 Å². The molecule has 2 aromatic rings. The molecule has 4 rings (SSSR count). The van der Waals surface area contributed by atoms with Crippen LogP contribution in [0.15, 0.2) is 12.4 Å². The molecule has 112 valence electrons. The summed E-state index contributed by atoms with van der Waals surface area (Å²) in [6.07, 6.45) is 9.33. The predicted octanol–water partition coefficient (Wildman–Crippen LogP) is 2.10. The van der Waals surface area contributed by atoms with E-state index in [0.717, 1.165) is 43.6 Å². The third-order valence-electron chi connectivity index (χ3n) is 4.58. The molecule has 0 bridgehead atoms. The van der Waals surface area contributed by atoms with Gasteiger partial charge >= 0.3 is 0 Å². The van der Waals surface area contributed by atoms with E-state index in [0.29, 0.717) is 0 Å². The first kappa shape index (κ1) is 12.9. The van der Waals surface area contributed by atoms with Crippen molar-refractivity contribution in [1.29, 1.82) is 0 Å². The fourth-order valence-corrected chi connectivity index (χ4v) is 3.42. The van der Waals surface area contributed by atoms with Crippen molar-refractivity contribution in [2.75, 3.05) is 36.0 Å². The van der Waals surface area contributed by atoms with Crippen LogP contribution in [0.4, 0.5) is 11.6 Å². The van der Waals surface area contributed by atoms with Crippen LogP contribution in [0.1, 0.15) is 38.5 Å². The Bertz CT molecular complexity index is 610. The van der Waals surface area contributed by atoms with Crippen molar-refractivity contribution in [3.05, 3.63) is 12.4 Å². The quantitative estimate of drug-likeness (QED) is 0.846. The first-order chi connectivity index (χ1) is 10.4. The zero-order valence-electron chi connectivity index (χ0n) is 12.4. The highest BCUT2D eigenvalue weighted by Gasteiger charge is 2.20. The van der Waals surface area contributed by atoms with Crippen LogP contribution in [0.5, 0.6) is 0 Å². The highest BCUT2D eigenvalue weighted by molar-refractivity contribution is 5.57. The molecule has 0 spiro atoms. The van der Waals surface area contributed by atoms with E-state index in [4.69, 9.17) is 4.98 Å². The molecule has 4 heterocycles. The normalized spacial score (nSPS) is 20.2. The summed E-state index contributed by atoms with van der Waals surface area (Å²) in [5.41, 5.74) is 0. The van der Waals surface area contributed by atoms with Crippen molar-refractivity contribution in [2.24, 2.45) is 0 Å². The summed E-state index contributed by atoms with van der Waals surface area (Å²) >= 11 is 0. The monoisotopic (exact) mass is 286 g/mol. The lowest BCUT2D eigenvalue weighted by Gasteiger charge is -2.31. The molecule has 0 N–H and O–H groups in total. The molecule has 0 aliphatic carbocycles. The van der Waals surface area contributed by atoms with Crippen molar-refractivity contribution in [3.63, 3.8) is 0 Å². The Kier molecular flexibility index (Phi) is 3.37. The van der Waals surface area contributed by atoms with E-state index < -0.39 is 0 Å². The van der Waals surface area contributed by atoms with Gasteiger partial charge in [-0.15, -0.1) is 0 Å². The molecule has 6 heteroatoms. The zero-order chi connectivity index (χ0) is 14.1. The highest BCUT2D eigenvalue weighted by atomic mass is 15.4. The van der Waals surface area contributed by atoms with Crippen LogP contribution in [0.3, 0.4) is 0 Å². The molecule has 2 fully saturated rings. The average Bonchev–Trinajstić information content (AvgIpc) is 3.04. The van der Waals surface area contributed by atoms with Gasteiger partial charge in [0.25, 0.3) is 5.78 Å². The van der Waals surface area contributed by atoms with Crippen LogP contribution in [-0.4, -0.2) is 45.8 Å². The van der Waals surface area contributed by atoms with Crippen molar-refractivity contribution < 1.29 is 0 Å². The summed E-state index contributed by atoms with van der Waals surface area (Å²) < 4.78 is 1.89. The van der Waals surface area contributed by atoms with Gasteiger partial charge in [-0.3, -0.25) is 0 Å². The minimum atomic E-state index is 0.721. The molecule has 2 aromatic heterocycles. The largest absolute Gasteiger partial charge is 0.356 e. The number of piperidine rings is 2. The van der Waals surface area contributed by atoms with Gasteiger partial charge < -0.3 is 9.80 Å². The minimum absolute atomic E-state index is 0.721. The number of rotatable bonds is 2. The third kappa shape index (κ3) is 2.43. The summed E-state index contributed by atoms with van der Waals surface area (Å²) in [7, 11) is 0. The zero-order valence-corrected chi connectivity index (χ0v) is 12.4. The number of aromatic nitrogens is 4. The van der Waals surface area contributed by atoms with Gasteiger partial charge in [-0.05, 0) is 38.5 Å². The van der Waals surface area contributed by atoms with Gasteiger partial charge in [-0.2, -0.15) is 19.6 Å². The maximum atomic E-state index is 4.70. The molecule has 6 nitrogen and oxygen atoms in total. The fourth-order valence-electron chi connectivity index (χ4n) is 3.42. The number of anilines is 2. The van der Waals surface area contributed by atoms with Crippen molar-refractivity contribution in [1.82, 2.24) is 19.6 Å². The van der Waals surface area contributed by atoms with E-state index >= 15 is 0 Å². The first-order valence-electron chi connectivity index (χ1n) is 8.12. The van der Waals surface area contributed by atoms with Crippen LogP contribution >= 0.6 is 0 Å². The molecule has 0 aromatic carbocycles. The Labute approximate surface area is 124 Å². The highest BCUT2D eigenvalue weighted by Crippen LogP contribution is 2.26. The lowest BCUT2D eigenvalue weighted by atomic mass is 10.1. The van der Waals surface area contributed by atoms with Gasteiger partial charge in [0.2, 0.25) is 0 Å². The Hall–Kier alpha value is -1.85. The van der Waals surface area contributed by atoms with Crippen LogP contribution in [0.25, 0.3) is 5.78 Å². The van der Waals surface area contributed by atoms with Crippen LogP contribution in [0, 0.1) is 0 Å². The van der Waals surface area contributed by atoms with Gasteiger partial charge in [0.05, 0.1) is 0 Å². The van der Waals surface area contributed by atoms with E-state index in [1.54, 1.807) is 6.33 Å². The molecule has 2 saturated heterocycles. The average molecular weight is 286 g/mol. The molecular weight excluding hydrogens is 264 g/mol. The topological polar surface area (TPSA) is 49.6 Å². The van der Waals surface area contributed by atoms with E-state index in [1.165, 1.54) is 38.5 Å². The first-order valence-corrected chi connectivity index (χ1v) is 8.12. The van der Waals surface area contributed by atoms with E-state index in [1.807, 2.05) is 4.52 Å². The number of nitrogens with zero attached hydrogens (tertiary/aromatic N) is 6. The molecule has 0 radical (unpaired) electrons. The molecule has 21 heavy (non-hydrogen) atoms. The van der Waals surface area contributed by atoms with Gasteiger partial charge in [0.15, 0.2) is 0 Å². The molecule has 0 atom stereocenters. The van der Waals surface area contributed by atoms with Crippen molar-refractivity contribution >= 4 is 17.4 Å². The molecule has 0 unspecified atom stereocenters. The second-order valence-electron chi connectivity index (χ2n) is 6.04. The van der Waals surface area contributed by atoms with Crippen LogP contribution in [0.2, 0.25) is 0 Å². The number of hydrogen-bond acceptors (Lipinski definition) is 5. The summed E-state index contributed by atoms with van der Waals surface area (Å²) in [6.45, 7) is 4.43. The summed E-state index contributed by atoms with van der Waals surface area (Å²) in [6, 6.07) is 2.21. The van der Waals surface area contributed by atoms with Gasteiger partial charge in [0, 0.05) is 32.2 Å². The van der Waals surface area contributed by atoms with Gasteiger partial charge in [-0.25, -0.2) is 0 Å². The standard InChI is InChI=1S/C15H22N6/c1-3-7-19(8-4-1)13-11-14(20-9-5-2-6-10-20)21-15(18-13)16-12-17-21/h11-12H,1-10H2. The van der Waals surface area contributed by atoms with E-state index in [9.17, 15) is 0 Å². The summed E-state index contributed by atoms with van der Waals surface area (Å²) in [5.74, 6) is 2.94. The van der Waals surface area contributed by atoms with Crippen molar-refractivity contribution in [2.45, 2.75) is 38.5 Å². The molecular formula is C15H22N6. The lowest BCUT2D eigenvalue weighted by molar-refractivity contribution is 0.563. The summed E-state index contributed by atoms with van der Waals surface area (Å²) in [5, 5.41) is 4.36. The predicted molar refractivity (Wildman–Crippen MR) is 82.9 cm³/mol. The van der Waals surface area contributed by atoms with E-state index in [2.05, 4.69) is 25.9 Å².